The number of aliphatic imine (C=N–C) groups is 2. The molecule has 2 aromatic heterocycles. The van der Waals surface area contributed by atoms with Gasteiger partial charge in [-0.05, 0) is 85.1 Å². The van der Waals surface area contributed by atoms with Gasteiger partial charge in [-0.15, -0.1) is 0 Å². The van der Waals surface area contributed by atoms with E-state index in [1.165, 1.54) is 11.4 Å². The van der Waals surface area contributed by atoms with Crippen molar-refractivity contribution in [3.05, 3.63) is 47.3 Å². The van der Waals surface area contributed by atoms with Crippen molar-refractivity contribution in [3.8, 4) is 0 Å². The largest absolute Gasteiger partial charge is 0.512 e. The number of carbonyl (C=O) groups is 5. The number of carbonyl (C=O) groups excluding carboxylic acids is 5. The van der Waals surface area contributed by atoms with Crippen molar-refractivity contribution < 1.29 is 29.1 Å². The Morgan fingerprint density at radius 3 is 0.784 bits per heavy atom. The molecule has 18 heteroatoms. The number of amides is 4. The molecule has 2 heterocycles. The second kappa shape index (κ2) is 56.7. The summed E-state index contributed by atoms with van der Waals surface area (Å²) in [5.41, 5.74) is 23.2. The second-order valence-electron chi connectivity index (χ2n) is 27.6. The first-order valence-electron chi connectivity index (χ1n) is 32.6. The molecule has 0 spiro atoms. The van der Waals surface area contributed by atoms with Crippen LogP contribution in [0.5, 0.6) is 0 Å². The zero-order valence-corrected chi connectivity index (χ0v) is 63.4. The van der Waals surface area contributed by atoms with Gasteiger partial charge in [0.2, 0.25) is 23.6 Å². The average Bonchev–Trinajstić information content (AvgIpc) is 4.07. The summed E-state index contributed by atoms with van der Waals surface area (Å²) in [6, 6.07) is 1.18. The van der Waals surface area contributed by atoms with Gasteiger partial charge in [-0.3, -0.25) is 34.0 Å². The fourth-order valence-electron chi connectivity index (χ4n) is 4.85. The van der Waals surface area contributed by atoms with Crippen molar-refractivity contribution in [1.82, 2.24) is 30.6 Å². The number of allylic oxidation sites excluding steroid dienone is 2. The smallest absolute Gasteiger partial charge is 0.222 e. The first kappa shape index (κ1) is 98.7. The third kappa shape index (κ3) is 71.2. The predicted octanol–water partition coefficient (Wildman–Crippen LogP) is 15.7. The number of aliphatic hydroxyl groups is 1. The van der Waals surface area contributed by atoms with Gasteiger partial charge < -0.3 is 48.6 Å². The molecule has 18 nitrogen and oxygen atoms in total. The van der Waals surface area contributed by atoms with Gasteiger partial charge in [0.15, 0.2) is 0 Å². The summed E-state index contributed by atoms with van der Waals surface area (Å²) in [7, 11) is 0. The highest BCUT2D eigenvalue weighted by Crippen LogP contribution is 2.17. The number of hydrogen-bond donors (Lipinski definition) is 9. The number of aliphatic hydroxyl groups excluding tert-OH is 1. The Labute approximate surface area is 541 Å². The molecule has 0 saturated carbocycles. The molecule has 0 aliphatic rings. The van der Waals surface area contributed by atoms with Crippen LogP contribution in [0.3, 0.4) is 0 Å². The predicted molar refractivity (Wildman–Crippen MR) is 381 cm³/mol. The first-order valence-corrected chi connectivity index (χ1v) is 32.6. The van der Waals surface area contributed by atoms with Gasteiger partial charge in [0.05, 0.1) is 17.4 Å². The average molecular weight is 1250 g/mol. The molecule has 2 rings (SSSR count). The van der Waals surface area contributed by atoms with Gasteiger partial charge in [0.25, 0.3) is 0 Å². The zero-order valence-electron chi connectivity index (χ0n) is 63.4. The van der Waals surface area contributed by atoms with Crippen molar-refractivity contribution in [2.45, 2.75) is 304 Å². The summed E-state index contributed by atoms with van der Waals surface area (Å²) in [6.07, 6.45) is 6.47. The molecule has 0 fully saturated rings. The summed E-state index contributed by atoms with van der Waals surface area (Å²) >= 11 is 0. The van der Waals surface area contributed by atoms with E-state index in [1.54, 1.807) is 27.7 Å². The van der Waals surface area contributed by atoms with E-state index in [1.807, 2.05) is 157 Å². The fraction of sp³-hybridized carbons (Fsp3) is 0.786. The highest BCUT2D eigenvalue weighted by molar-refractivity contribution is 5.83. The molecular formula is C70H144N12O6. The van der Waals surface area contributed by atoms with Crippen molar-refractivity contribution in [2.75, 3.05) is 0 Å². The number of nitrogens with one attached hydrogen (secondary N) is 4. The second-order valence-corrected chi connectivity index (χ2v) is 27.6. The molecule has 0 unspecified atom stereocenters. The van der Waals surface area contributed by atoms with E-state index in [9.17, 15) is 24.0 Å². The number of aromatic nitrogens is 4. The van der Waals surface area contributed by atoms with E-state index in [4.69, 9.17) is 28.0 Å². The van der Waals surface area contributed by atoms with Gasteiger partial charge in [-0.1, -0.05) is 194 Å². The fourth-order valence-corrected chi connectivity index (χ4v) is 4.85. The van der Waals surface area contributed by atoms with Crippen molar-refractivity contribution in [2.24, 2.45) is 92.1 Å². The van der Waals surface area contributed by atoms with E-state index in [0.717, 1.165) is 29.7 Å². The van der Waals surface area contributed by atoms with Crippen LogP contribution in [0.15, 0.2) is 34.2 Å². The molecule has 88 heavy (non-hydrogen) atoms. The number of rotatable bonds is 19. The third-order valence-corrected chi connectivity index (χ3v) is 11.0. The summed E-state index contributed by atoms with van der Waals surface area (Å²) in [4.78, 5) is 76.0. The minimum absolute atomic E-state index is 0.00926. The molecule has 0 aromatic carbocycles. The quantitative estimate of drug-likeness (QED) is 0.0364. The molecule has 520 valence electrons. The number of imidazole rings is 2. The number of amidine groups is 2. The van der Waals surface area contributed by atoms with Crippen LogP contribution in [0, 0.1) is 59.2 Å². The van der Waals surface area contributed by atoms with Crippen LogP contribution in [0.2, 0.25) is 0 Å². The van der Waals surface area contributed by atoms with Crippen LogP contribution >= 0.6 is 0 Å². The highest BCUT2D eigenvalue weighted by Gasteiger charge is 2.11. The molecule has 4 amide bonds. The maximum atomic E-state index is 11.0. The van der Waals surface area contributed by atoms with Gasteiger partial charge in [0.1, 0.15) is 17.4 Å². The van der Waals surface area contributed by atoms with Crippen LogP contribution < -0.4 is 33.6 Å². The summed E-state index contributed by atoms with van der Waals surface area (Å²) in [5, 5.41) is 14.8. The molecule has 0 radical (unpaired) electrons. The lowest BCUT2D eigenvalue weighted by molar-refractivity contribution is -0.125. The van der Waals surface area contributed by atoms with Gasteiger partial charge in [0, 0.05) is 114 Å². The Hall–Kier alpha value is -5.55. The van der Waals surface area contributed by atoms with E-state index in [2.05, 4.69) is 124 Å². The third-order valence-electron chi connectivity index (χ3n) is 11.0. The van der Waals surface area contributed by atoms with Crippen molar-refractivity contribution >= 4 is 41.1 Å². The summed E-state index contributed by atoms with van der Waals surface area (Å²) in [5.74, 6) is 8.86. The number of Topliss-reactive ketones (excluding diaryl/α,β-unsaturated/α-hetero) is 1. The minimum atomic E-state index is -0.241. The molecule has 0 aliphatic heterocycles. The van der Waals surface area contributed by atoms with Crippen molar-refractivity contribution in [3.63, 3.8) is 0 Å². The minimum Gasteiger partial charge on any atom is -0.512 e. The Kier molecular flexibility index (Phi) is 63.5. The lowest BCUT2D eigenvalue weighted by Gasteiger charge is -2.09. The van der Waals surface area contributed by atoms with E-state index < -0.39 is 0 Å². The first-order chi connectivity index (χ1) is 39.7. The standard InChI is InChI=1S/2C9H16N2.2C8H16O.2C7H16N2.2C7H15NO.2C4H9NO/c2*1-6(2)8-5-10-9(11-8)7(3)4;2*1-6(2)5-8(9)7(3)4;2*1-5(2)7(8)9-6(3)4;2*1-5(2)7(9)8-6(3)4;2*1-3(2)4(5)6/h2*5-7H,1-4H3,(H,10,11);6-7H,5H2,1-4H3;5-7,9H,1-4H3;2*5-6H,1-4H3,(H2,8,9);2*5-6H,1-4H3,(H,8,9);2*3H,1-2H3,(H2,5,6)/b;;;8-5-;;;;;;. The number of ketones is 1. The van der Waals surface area contributed by atoms with E-state index >= 15 is 0 Å². The number of aromatic amines is 2. The highest BCUT2D eigenvalue weighted by atomic mass is 16.3. The van der Waals surface area contributed by atoms with E-state index in [0.29, 0.717) is 71.0 Å². The molecule has 2 aromatic rings. The SMILES string of the molecule is CC(C)/C=C(\O)C(C)C.CC(C)C(N)=O.CC(C)C(N)=O.CC(C)CC(=O)C(C)C.CC(C)N=C(N)C(C)C.CC(C)N=C(N)C(C)C.CC(C)NC(=O)C(C)C.CC(C)NC(=O)C(C)C.CC(C)c1cnc(C(C)C)[nH]1.CC(C)c1cnc(C(C)C)[nH]1. The van der Waals surface area contributed by atoms with Crippen molar-refractivity contribution in [1.29, 1.82) is 0 Å². The Balaban J connectivity index is -0.000000135. The maximum absolute atomic E-state index is 11.0. The molecule has 0 aliphatic carbocycles. The molecule has 0 saturated heterocycles. The summed E-state index contributed by atoms with van der Waals surface area (Å²) < 4.78 is 0. The number of nitrogens with zero attached hydrogens (tertiary/aromatic N) is 4. The Bertz CT molecular complexity index is 1890. The lowest BCUT2D eigenvalue weighted by Crippen LogP contribution is -2.33. The topological polar surface area (TPSA) is 316 Å². The number of H-pyrrole nitrogens is 2. The molecule has 13 N–H and O–H groups in total. The molecule has 0 bridgehead atoms. The van der Waals surface area contributed by atoms with Gasteiger partial charge >= 0.3 is 0 Å². The Morgan fingerprint density at radius 2 is 0.705 bits per heavy atom. The van der Waals surface area contributed by atoms with Crippen LogP contribution in [0.1, 0.15) is 302 Å². The lowest BCUT2D eigenvalue weighted by atomic mass is 9.99. The normalized spacial score (nSPS) is 11.5. The number of primary amides is 2. The van der Waals surface area contributed by atoms with Gasteiger partial charge in [-0.25, -0.2) is 9.97 Å². The number of hydrogen-bond acceptors (Lipinski definition) is 10. The Morgan fingerprint density at radius 1 is 0.432 bits per heavy atom. The van der Waals surface area contributed by atoms with Gasteiger partial charge in [-0.2, -0.15) is 0 Å². The molecular weight excluding hydrogens is 1100 g/mol. The van der Waals surface area contributed by atoms with Crippen LogP contribution in [0.4, 0.5) is 0 Å². The van der Waals surface area contributed by atoms with Crippen LogP contribution in [-0.4, -0.2) is 90.3 Å². The zero-order chi connectivity index (χ0) is 71.8. The summed E-state index contributed by atoms with van der Waals surface area (Å²) in [6.45, 7) is 72.0. The van der Waals surface area contributed by atoms with Crippen LogP contribution in [0.25, 0.3) is 0 Å². The maximum Gasteiger partial charge on any atom is 0.222 e. The monoisotopic (exact) mass is 1250 g/mol. The molecule has 0 atom stereocenters. The van der Waals surface area contributed by atoms with Crippen LogP contribution in [-0.2, 0) is 24.0 Å². The van der Waals surface area contributed by atoms with E-state index in [-0.39, 0.29) is 71.2 Å². The number of nitrogens with two attached hydrogens (primary N) is 4.